The molecule has 0 aliphatic carbocycles. The van der Waals surface area contributed by atoms with Gasteiger partial charge in [-0.2, -0.15) is 0 Å². The van der Waals surface area contributed by atoms with Crippen molar-refractivity contribution < 1.29 is 4.79 Å². The Bertz CT molecular complexity index is 535. The summed E-state index contributed by atoms with van der Waals surface area (Å²) in [6.07, 6.45) is 3.77. The van der Waals surface area contributed by atoms with Crippen molar-refractivity contribution >= 4 is 23.2 Å². The van der Waals surface area contributed by atoms with Crippen molar-refractivity contribution in [3.8, 4) is 0 Å². The van der Waals surface area contributed by atoms with Gasteiger partial charge in [-0.25, -0.2) is 4.98 Å². The van der Waals surface area contributed by atoms with Gasteiger partial charge in [-0.15, -0.1) is 0 Å². The van der Waals surface area contributed by atoms with Crippen LogP contribution in [0.25, 0.3) is 5.52 Å². The third-order valence-electron chi connectivity index (χ3n) is 2.48. The van der Waals surface area contributed by atoms with Crippen molar-refractivity contribution in [2.24, 2.45) is 0 Å². The highest BCUT2D eigenvalue weighted by molar-refractivity contribution is 8.00. The van der Waals surface area contributed by atoms with E-state index in [1.807, 2.05) is 41.9 Å². The minimum atomic E-state index is -0.129. The predicted octanol–water partition coefficient (Wildman–Crippen LogP) is 1.90. The van der Waals surface area contributed by atoms with Gasteiger partial charge in [0.1, 0.15) is 0 Å². The molecule has 0 fully saturated rings. The number of aromatic nitrogens is 2. The van der Waals surface area contributed by atoms with Crippen molar-refractivity contribution in [2.45, 2.75) is 17.3 Å². The molecule has 1 atom stereocenters. The van der Waals surface area contributed by atoms with Gasteiger partial charge in [0, 0.05) is 20.3 Å². The average Bonchev–Trinajstić information content (AvgIpc) is 2.71. The van der Waals surface area contributed by atoms with Gasteiger partial charge in [0.2, 0.25) is 5.91 Å². The van der Waals surface area contributed by atoms with Gasteiger partial charge in [0.05, 0.1) is 17.0 Å². The molecule has 17 heavy (non-hydrogen) atoms. The number of carbonyl (C=O) groups is 1. The second-order valence-electron chi connectivity index (χ2n) is 4.03. The normalized spacial score (nSPS) is 12.6. The van der Waals surface area contributed by atoms with Crippen LogP contribution in [-0.2, 0) is 4.79 Å². The maximum absolute atomic E-state index is 11.8. The lowest BCUT2D eigenvalue weighted by atomic mass is 10.4. The van der Waals surface area contributed by atoms with Crippen LogP contribution >= 0.6 is 11.8 Å². The molecule has 2 aromatic rings. The third-order valence-corrected chi connectivity index (χ3v) is 3.54. The summed E-state index contributed by atoms with van der Waals surface area (Å²) in [7, 11) is 3.53. The molecule has 0 aliphatic rings. The number of carbonyl (C=O) groups excluding carboxylic acids is 1. The molecule has 1 amide bonds. The van der Waals surface area contributed by atoms with Crippen molar-refractivity contribution in [1.82, 2.24) is 14.3 Å². The van der Waals surface area contributed by atoms with Gasteiger partial charge >= 0.3 is 0 Å². The minimum absolute atomic E-state index is 0.0997. The van der Waals surface area contributed by atoms with Crippen molar-refractivity contribution in [1.29, 1.82) is 0 Å². The fraction of sp³-hybridized carbons (Fsp3) is 0.333. The summed E-state index contributed by atoms with van der Waals surface area (Å²) in [6, 6.07) is 5.92. The molecule has 0 N–H and O–H groups in total. The fourth-order valence-electron chi connectivity index (χ4n) is 1.58. The van der Waals surface area contributed by atoms with E-state index in [1.165, 1.54) is 11.8 Å². The maximum Gasteiger partial charge on any atom is 0.235 e. The fourth-order valence-corrected chi connectivity index (χ4v) is 2.60. The Morgan fingerprint density at radius 2 is 2.24 bits per heavy atom. The zero-order valence-electron chi connectivity index (χ0n) is 10.1. The summed E-state index contributed by atoms with van der Waals surface area (Å²) in [4.78, 5) is 17.7. The summed E-state index contributed by atoms with van der Waals surface area (Å²) < 4.78 is 1.99. The SMILES string of the molecule is CC(Sc1ncc2ccccn12)C(=O)N(C)C. The number of thioether (sulfide) groups is 1. The maximum atomic E-state index is 11.8. The highest BCUT2D eigenvalue weighted by atomic mass is 32.2. The summed E-state index contributed by atoms with van der Waals surface area (Å²) in [5.74, 6) is 0.0997. The lowest BCUT2D eigenvalue weighted by Crippen LogP contribution is -2.29. The van der Waals surface area contributed by atoms with Crippen LogP contribution in [0.3, 0.4) is 0 Å². The van der Waals surface area contributed by atoms with E-state index >= 15 is 0 Å². The first-order chi connectivity index (χ1) is 8.09. The van der Waals surface area contributed by atoms with E-state index in [2.05, 4.69) is 4.98 Å². The molecule has 0 bridgehead atoms. The molecule has 90 valence electrons. The highest BCUT2D eigenvalue weighted by Crippen LogP contribution is 2.23. The van der Waals surface area contributed by atoms with E-state index in [9.17, 15) is 4.79 Å². The van der Waals surface area contributed by atoms with Crippen LogP contribution in [0.4, 0.5) is 0 Å². The van der Waals surface area contributed by atoms with Crippen LogP contribution in [0.1, 0.15) is 6.92 Å². The van der Waals surface area contributed by atoms with Crippen LogP contribution in [-0.4, -0.2) is 39.5 Å². The molecule has 1 unspecified atom stereocenters. The number of rotatable bonds is 3. The van der Waals surface area contributed by atoms with Crippen LogP contribution in [0.15, 0.2) is 35.7 Å². The molecule has 0 aliphatic heterocycles. The smallest absolute Gasteiger partial charge is 0.235 e. The molecular formula is C12H15N3OS. The molecule has 0 spiro atoms. The number of pyridine rings is 1. The van der Waals surface area contributed by atoms with E-state index < -0.39 is 0 Å². The molecule has 0 aromatic carbocycles. The molecule has 2 rings (SSSR count). The highest BCUT2D eigenvalue weighted by Gasteiger charge is 2.18. The summed E-state index contributed by atoms with van der Waals surface area (Å²) >= 11 is 1.48. The first-order valence-corrected chi connectivity index (χ1v) is 6.27. The lowest BCUT2D eigenvalue weighted by molar-refractivity contribution is -0.127. The number of amides is 1. The van der Waals surface area contributed by atoms with Crippen LogP contribution in [0.2, 0.25) is 0 Å². The second kappa shape index (κ2) is 4.79. The topological polar surface area (TPSA) is 37.6 Å². The standard InChI is InChI=1S/C12H15N3OS/c1-9(11(16)14(2)3)17-12-13-8-10-6-4-5-7-15(10)12/h4-9H,1-3H3. The van der Waals surface area contributed by atoms with E-state index in [0.29, 0.717) is 0 Å². The summed E-state index contributed by atoms with van der Waals surface area (Å²) in [5, 5.41) is 0.721. The van der Waals surface area contributed by atoms with Crippen molar-refractivity contribution in [2.75, 3.05) is 14.1 Å². The Morgan fingerprint density at radius 1 is 1.47 bits per heavy atom. The Labute approximate surface area is 105 Å². The number of nitrogens with zero attached hydrogens (tertiary/aromatic N) is 3. The Balaban J connectivity index is 2.21. The Morgan fingerprint density at radius 3 is 2.94 bits per heavy atom. The Kier molecular flexibility index (Phi) is 3.38. The number of hydrogen-bond donors (Lipinski definition) is 0. The van der Waals surface area contributed by atoms with Crippen LogP contribution in [0, 0.1) is 0 Å². The average molecular weight is 249 g/mol. The van der Waals surface area contributed by atoms with Gasteiger partial charge in [-0.1, -0.05) is 17.8 Å². The van der Waals surface area contributed by atoms with E-state index in [0.717, 1.165) is 10.7 Å². The first-order valence-electron chi connectivity index (χ1n) is 5.39. The van der Waals surface area contributed by atoms with E-state index in [1.54, 1.807) is 19.0 Å². The van der Waals surface area contributed by atoms with Gasteiger partial charge < -0.3 is 4.90 Å². The zero-order valence-corrected chi connectivity index (χ0v) is 10.9. The molecular weight excluding hydrogens is 234 g/mol. The molecule has 5 heteroatoms. The third kappa shape index (κ3) is 2.44. The quantitative estimate of drug-likeness (QED) is 0.780. The predicted molar refractivity (Wildman–Crippen MR) is 69.2 cm³/mol. The van der Waals surface area contributed by atoms with Gasteiger partial charge in [0.25, 0.3) is 0 Å². The number of fused-ring (bicyclic) bond motifs is 1. The summed E-state index contributed by atoms with van der Waals surface area (Å²) in [5.41, 5.74) is 1.04. The molecule has 4 nitrogen and oxygen atoms in total. The lowest BCUT2D eigenvalue weighted by Gasteiger charge is -2.15. The molecule has 0 saturated carbocycles. The largest absolute Gasteiger partial charge is 0.348 e. The van der Waals surface area contributed by atoms with Crippen molar-refractivity contribution in [3.05, 3.63) is 30.6 Å². The van der Waals surface area contributed by atoms with Gasteiger partial charge in [-0.3, -0.25) is 9.20 Å². The first kappa shape index (κ1) is 12.0. The van der Waals surface area contributed by atoms with Crippen LogP contribution in [0.5, 0.6) is 0 Å². The van der Waals surface area contributed by atoms with Crippen LogP contribution < -0.4 is 0 Å². The second-order valence-corrected chi connectivity index (χ2v) is 5.34. The van der Waals surface area contributed by atoms with Crippen molar-refractivity contribution in [3.63, 3.8) is 0 Å². The van der Waals surface area contributed by atoms with E-state index in [4.69, 9.17) is 0 Å². The monoisotopic (exact) mass is 249 g/mol. The van der Waals surface area contributed by atoms with Gasteiger partial charge in [-0.05, 0) is 19.1 Å². The zero-order chi connectivity index (χ0) is 12.4. The molecule has 0 saturated heterocycles. The van der Waals surface area contributed by atoms with Gasteiger partial charge in [0.15, 0.2) is 5.16 Å². The summed E-state index contributed by atoms with van der Waals surface area (Å²) in [6.45, 7) is 1.90. The molecule has 0 radical (unpaired) electrons. The number of hydrogen-bond acceptors (Lipinski definition) is 3. The molecule has 2 heterocycles. The minimum Gasteiger partial charge on any atom is -0.348 e. The molecule has 2 aromatic heterocycles. The Hall–Kier alpha value is -1.49. The number of imidazole rings is 1. The van der Waals surface area contributed by atoms with E-state index in [-0.39, 0.29) is 11.2 Å².